The fourth-order valence-electron chi connectivity index (χ4n) is 5.08. The van der Waals surface area contributed by atoms with Crippen molar-refractivity contribution in [2.75, 3.05) is 7.11 Å². The van der Waals surface area contributed by atoms with Crippen molar-refractivity contribution in [3.63, 3.8) is 0 Å². The van der Waals surface area contributed by atoms with Gasteiger partial charge in [-0.15, -0.1) is 0 Å². The van der Waals surface area contributed by atoms with E-state index in [1.165, 1.54) is 5.56 Å². The molecule has 4 aromatic rings. The lowest BCUT2D eigenvalue weighted by atomic mass is 9.85. The molecule has 1 aromatic heterocycles. The van der Waals surface area contributed by atoms with Crippen LogP contribution in [0.25, 0.3) is 17.0 Å². The molecule has 7 heteroatoms. The number of aromatic amines is 1. The molecule has 3 heterocycles. The minimum atomic E-state index is -0.645. The number of esters is 1. The predicted molar refractivity (Wildman–Crippen MR) is 143 cm³/mol. The third-order valence-corrected chi connectivity index (χ3v) is 7.14. The average molecular weight is 508 g/mol. The number of aromatic nitrogens is 1. The number of hydrogen-bond donors (Lipinski definition) is 1. The molecule has 0 saturated heterocycles. The maximum atomic E-state index is 13.3. The number of carbonyl (C=O) groups excluding carboxylic acids is 2. The van der Waals surface area contributed by atoms with E-state index in [9.17, 15) is 14.4 Å². The third-order valence-electron chi connectivity index (χ3n) is 7.14. The zero-order valence-electron chi connectivity index (χ0n) is 21.2. The van der Waals surface area contributed by atoms with Crippen molar-refractivity contribution in [3.05, 3.63) is 105 Å². The average Bonchev–Trinajstić information content (AvgIpc) is 3.22. The molecule has 6 rings (SSSR count). The Balaban J connectivity index is 1.44. The molecule has 0 aliphatic carbocycles. The van der Waals surface area contributed by atoms with Crippen molar-refractivity contribution in [2.24, 2.45) is 0 Å². The molecule has 0 fully saturated rings. The van der Waals surface area contributed by atoms with Crippen molar-refractivity contribution in [3.8, 4) is 17.2 Å². The van der Waals surface area contributed by atoms with Crippen LogP contribution in [-0.2, 0) is 4.79 Å². The molecule has 0 unspecified atom stereocenters. The number of ether oxygens (including phenoxy) is 3. The van der Waals surface area contributed by atoms with E-state index < -0.39 is 11.9 Å². The molecule has 1 atom stereocenters. The number of fused-ring (bicyclic) bond motifs is 4. The van der Waals surface area contributed by atoms with Gasteiger partial charge in [0.1, 0.15) is 17.2 Å². The first-order valence-electron chi connectivity index (χ1n) is 12.4. The number of methoxy groups -OCH3 is 1. The van der Waals surface area contributed by atoms with Gasteiger partial charge in [-0.2, -0.15) is 0 Å². The van der Waals surface area contributed by atoms with Crippen LogP contribution in [0.3, 0.4) is 0 Å². The van der Waals surface area contributed by atoms with Gasteiger partial charge >= 0.3 is 5.97 Å². The molecular formula is C31H25NO6. The Morgan fingerprint density at radius 3 is 2.50 bits per heavy atom. The molecule has 0 spiro atoms. The molecule has 0 bridgehead atoms. The Morgan fingerprint density at radius 1 is 0.974 bits per heavy atom. The predicted octanol–water partition coefficient (Wildman–Crippen LogP) is 5.72. The highest BCUT2D eigenvalue weighted by atomic mass is 16.5. The quantitative estimate of drug-likeness (QED) is 0.216. The van der Waals surface area contributed by atoms with Gasteiger partial charge in [-0.25, -0.2) is 0 Å². The summed E-state index contributed by atoms with van der Waals surface area (Å²) in [6, 6.07) is 18.3. The Bertz CT molecular complexity index is 1710. The van der Waals surface area contributed by atoms with Crippen LogP contribution in [0, 0.1) is 0 Å². The molecule has 38 heavy (non-hydrogen) atoms. The second-order valence-electron chi connectivity index (χ2n) is 9.85. The number of pyridine rings is 1. The minimum absolute atomic E-state index is 0.0541. The maximum absolute atomic E-state index is 13.3. The molecular weight excluding hydrogens is 482 g/mol. The number of rotatable bonds is 4. The maximum Gasteiger partial charge on any atom is 0.312 e. The van der Waals surface area contributed by atoms with E-state index >= 15 is 0 Å². The van der Waals surface area contributed by atoms with Crippen LogP contribution in [-0.4, -0.2) is 23.8 Å². The normalized spacial score (nSPS) is 17.4. The Morgan fingerprint density at radius 2 is 1.76 bits per heavy atom. The van der Waals surface area contributed by atoms with Crippen molar-refractivity contribution < 1.29 is 23.8 Å². The Labute approximate surface area is 218 Å². The number of benzene rings is 3. The fourth-order valence-corrected chi connectivity index (χ4v) is 5.08. The highest BCUT2D eigenvalue weighted by Crippen LogP contribution is 2.48. The number of allylic oxidation sites excluding steroid dienone is 1. The summed E-state index contributed by atoms with van der Waals surface area (Å²) in [4.78, 5) is 42.0. The second kappa shape index (κ2) is 9.03. The number of nitrogens with one attached hydrogen (secondary N) is 1. The first-order valence-corrected chi connectivity index (χ1v) is 12.4. The van der Waals surface area contributed by atoms with Crippen LogP contribution in [0.1, 0.15) is 64.7 Å². The Hall–Kier alpha value is -4.65. The van der Waals surface area contributed by atoms with Gasteiger partial charge in [0.2, 0.25) is 5.78 Å². The lowest BCUT2D eigenvalue weighted by Crippen LogP contribution is -2.26. The molecule has 190 valence electrons. The van der Waals surface area contributed by atoms with Crippen LogP contribution in [0.2, 0.25) is 0 Å². The summed E-state index contributed by atoms with van der Waals surface area (Å²) < 4.78 is 16.9. The molecule has 2 aliphatic rings. The van der Waals surface area contributed by atoms with E-state index in [1.54, 1.807) is 43.5 Å². The summed E-state index contributed by atoms with van der Waals surface area (Å²) in [7, 11) is 1.56. The van der Waals surface area contributed by atoms with Crippen molar-refractivity contribution in [1.29, 1.82) is 0 Å². The highest BCUT2D eigenvalue weighted by molar-refractivity contribution is 6.15. The summed E-state index contributed by atoms with van der Waals surface area (Å²) >= 11 is 0. The SMILES string of the molecule is COc1ccc2cc([C@@H]3CC(=O)Oc4ccc5c(c43)O/C(=C\c3ccc(C(C)C)cc3)C5=O)c(=O)[nH]c2c1. The third kappa shape index (κ3) is 3.96. The van der Waals surface area contributed by atoms with Gasteiger partial charge in [0.15, 0.2) is 5.76 Å². The summed E-state index contributed by atoms with van der Waals surface area (Å²) in [5.74, 6) is 0.453. The summed E-state index contributed by atoms with van der Waals surface area (Å²) in [6.07, 6.45) is 1.65. The smallest absolute Gasteiger partial charge is 0.312 e. The highest BCUT2D eigenvalue weighted by Gasteiger charge is 2.39. The van der Waals surface area contributed by atoms with Crippen molar-refractivity contribution in [1.82, 2.24) is 4.98 Å². The van der Waals surface area contributed by atoms with Crippen LogP contribution >= 0.6 is 0 Å². The summed E-state index contributed by atoms with van der Waals surface area (Å²) in [5.41, 5.74) is 3.61. The first kappa shape index (κ1) is 23.7. The van der Waals surface area contributed by atoms with Gasteiger partial charge in [0, 0.05) is 23.1 Å². The van der Waals surface area contributed by atoms with E-state index in [1.807, 2.05) is 30.3 Å². The van der Waals surface area contributed by atoms with Gasteiger partial charge in [0.05, 0.1) is 24.6 Å². The molecule has 1 N–H and O–H groups in total. The van der Waals surface area contributed by atoms with Gasteiger partial charge < -0.3 is 19.2 Å². The zero-order chi connectivity index (χ0) is 26.6. The Kier molecular flexibility index (Phi) is 5.64. The van der Waals surface area contributed by atoms with E-state index in [2.05, 4.69) is 18.8 Å². The van der Waals surface area contributed by atoms with Crippen molar-refractivity contribution in [2.45, 2.75) is 32.1 Å². The fraction of sp³-hybridized carbons (Fsp3) is 0.194. The van der Waals surface area contributed by atoms with Crippen molar-refractivity contribution >= 4 is 28.7 Å². The zero-order valence-corrected chi connectivity index (χ0v) is 21.2. The molecule has 3 aromatic carbocycles. The van der Waals surface area contributed by atoms with Gasteiger partial charge in [-0.1, -0.05) is 38.1 Å². The van der Waals surface area contributed by atoms with E-state index in [4.69, 9.17) is 14.2 Å². The van der Waals surface area contributed by atoms with E-state index in [0.717, 1.165) is 10.9 Å². The van der Waals surface area contributed by atoms with Crippen LogP contribution < -0.4 is 19.8 Å². The number of carbonyl (C=O) groups is 2. The monoisotopic (exact) mass is 507 g/mol. The summed E-state index contributed by atoms with van der Waals surface area (Å²) in [6.45, 7) is 4.25. The van der Waals surface area contributed by atoms with Gasteiger partial charge in [-0.05, 0) is 58.8 Å². The van der Waals surface area contributed by atoms with E-state index in [0.29, 0.717) is 39.6 Å². The lowest BCUT2D eigenvalue weighted by molar-refractivity contribution is -0.135. The minimum Gasteiger partial charge on any atom is -0.497 e. The topological polar surface area (TPSA) is 94.7 Å². The number of H-pyrrole nitrogens is 1. The van der Waals surface area contributed by atoms with Crippen LogP contribution in [0.5, 0.6) is 17.2 Å². The lowest BCUT2D eigenvalue weighted by Gasteiger charge is -2.26. The molecule has 0 saturated carbocycles. The first-order chi connectivity index (χ1) is 18.3. The summed E-state index contributed by atoms with van der Waals surface area (Å²) in [5, 5.41) is 0.788. The van der Waals surface area contributed by atoms with Gasteiger partial charge in [-0.3, -0.25) is 14.4 Å². The second-order valence-corrected chi connectivity index (χ2v) is 9.85. The van der Waals surface area contributed by atoms with E-state index in [-0.39, 0.29) is 29.3 Å². The number of Topliss-reactive ketones (excluding diaryl/α,β-unsaturated/α-hetero) is 1. The molecule has 0 amide bonds. The number of hydrogen-bond acceptors (Lipinski definition) is 6. The standard InChI is InChI=1S/C31H25NO6/c1-16(2)18-6-4-17(5-7-18)12-26-29(34)21-10-11-25-28(30(21)38-26)22(15-27(33)37-25)23-13-19-8-9-20(36-3)14-24(19)32-31(23)35/h4-14,16,22H,15H2,1-3H3,(H,32,35)/b26-12-/t22-/m0/s1. The molecule has 7 nitrogen and oxygen atoms in total. The number of ketones is 1. The molecule has 0 radical (unpaired) electrons. The van der Waals surface area contributed by atoms with Gasteiger partial charge in [0.25, 0.3) is 5.56 Å². The van der Waals surface area contributed by atoms with Crippen LogP contribution in [0.15, 0.2) is 71.2 Å². The molecule has 2 aliphatic heterocycles. The largest absolute Gasteiger partial charge is 0.497 e. The van der Waals surface area contributed by atoms with Crippen LogP contribution in [0.4, 0.5) is 0 Å².